The molecule has 1 aromatic carbocycles. The molecule has 1 aliphatic heterocycles. The highest BCUT2D eigenvalue weighted by molar-refractivity contribution is 5.79. The van der Waals surface area contributed by atoms with Crippen LogP contribution in [-0.4, -0.2) is 47.1 Å². The molecule has 1 aliphatic rings. The largest absolute Gasteiger partial charge is 0.477 e. The summed E-state index contributed by atoms with van der Waals surface area (Å²) in [5, 5.41) is 0. The molecule has 0 radical (unpaired) electrons. The first-order chi connectivity index (χ1) is 12.2. The number of nitrogens with zero attached hydrogens (tertiary/aromatic N) is 3. The number of carbonyl (C=O) groups excluding carboxylic acids is 1. The normalized spacial score (nSPS) is 17.2. The van der Waals surface area contributed by atoms with Crippen molar-refractivity contribution in [1.29, 1.82) is 0 Å². The first-order valence-electron chi connectivity index (χ1n) is 8.50. The van der Waals surface area contributed by atoms with Crippen LogP contribution in [-0.2, 0) is 11.2 Å². The molecule has 6 heteroatoms. The van der Waals surface area contributed by atoms with Gasteiger partial charge < -0.3 is 14.4 Å². The molecular formula is C19H23N3O3. The number of amides is 1. The molecule has 0 aliphatic carbocycles. The van der Waals surface area contributed by atoms with Crippen LogP contribution in [0.5, 0.6) is 11.8 Å². The summed E-state index contributed by atoms with van der Waals surface area (Å²) >= 11 is 0. The molecule has 1 unspecified atom stereocenters. The molecule has 0 spiro atoms. The summed E-state index contributed by atoms with van der Waals surface area (Å²) in [6.07, 6.45) is 5.25. The van der Waals surface area contributed by atoms with Crippen molar-refractivity contribution in [3.8, 4) is 11.8 Å². The highest BCUT2D eigenvalue weighted by Crippen LogP contribution is 2.24. The number of rotatable bonds is 5. The lowest BCUT2D eigenvalue weighted by molar-refractivity contribution is -0.133. The SMILES string of the molecule is COc1nccnc1OC1CCCN(C(=O)Cc2cccc(C)c2)C1. The van der Waals surface area contributed by atoms with Gasteiger partial charge in [-0.3, -0.25) is 4.79 Å². The summed E-state index contributed by atoms with van der Waals surface area (Å²) in [5.41, 5.74) is 2.21. The van der Waals surface area contributed by atoms with Crippen LogP contribution in [0.25, 0.3) is 0 Å². The van der Waals surface area contributed by atoms with Crippen molar-refractivity contribution in [2.24, 2.45) is 0 Å². The zero-order valence-corrected chi connectivity index (χ0v) is 14.6. The van der Waals surface area contributed by atoms with Gasteiger partial charge in [0, 0.05) is 18.9 Å². The van der Waals surface area contributed by atoms with Crippen molar-refractivity contribution in [2.75, 3.05) is 20.2 Å². The third kappa shape index (κ3) is 4.47. The average Bonchev–Trinajstić information content (AvgIpc) is 2.62. The van der Waals surface area contributed by atoms with Gasteiger partial charge >= 0.3 is 0 Å². The van der Waals surface area contributed by atoms with Crippen LogP contribution in [0.15, 0.2) is 36.7 Å². The van der Waals surface area contributed by atoms with Crippen LogP contribution in [0.1, 0.15) is 24.0 Å². The lowest BCUT2D eigenvalue weighted by atomic mass is 10.1. The molecule has 132 valence electrons. The monoisotopic (exact) mass is 341 g/mol. The van der Waals surface area contributed by atoms with Gasteiger partial charge in [0.25, 0.3) is 11.8 Å². The number of hydrogen-bond acceptors (Lipinski definition) is 5. The van der Waals surface area contributed by atoms with Gasteiger partial charge in [-0.25, -0.2) is 9.97 Å². The summed E-state index contributed by atoms with van der Waals surface area (Å²) in [5.74, 6) is 0.874. The van der Waals surface area contributed by atoms with E-state index in [4.69, 9.17) is 9.47 Å². The number of methoxy groups -OCH3 is 1. The minimum atomic E-state index is -0.0965. The van der Waals surface area contributed by atoms with E-state index in [1.165, 1.54) is 12.7 Å². The number of aryl methyl sites for hydroxylation is 1. The minimum Gasteiger partial charge on any atom is -0.477 e. The molecule has 1 fully saturated rings. The molecule has 6 nitrogen and oxygen atoms in total. The van der Waals surface area contributed by atoms with Crippen molar-refractivity contribution in [3.63, 3.8) is 0 Å². The molecule has 2 heterocycles. The lowest BCUT2D eigenvalue weighted by Crippen LogP contribution is -2.45. The van der Waals surface area contributed by atoms with Crippen molar-refractivity contribution in [3.05, 3.63) is 47.8 Å². The molecule has 2 aromatic rings. The fourth-order valence-corrected chi connectivity index (χ4v) is 3.06. The van der Waals surface area contributed by atoms with E-state index < -0.39 is 0 Å². The highest BCUT2D eigenvalue weighted by atomic mass is 16.5. The molecule has 1 amide bonds. The summed E-state index contributed by atoms with van der Waals surface area (Å²) in [7, 11) is 1.54. The maximum atomic E-state index is 12.6. The van der Waals surface area contributed by atoms with Gasteiger partial charge in [0.15, 0.2) is 0 Å². The quantitative estimate of drug-likeness (QED) is 0.836. The fraction of sp³-hybridized carbons (Fsp3) is 0.421. The summed E-state index contributed by atoms with van der Waals surface area (Å²) in [6.45, 7) is 3.36. The number of hydrogen-bond donors (Lipinski definition) is 0. The van der Waals surface area contributed by atoms with Gasteiger partial charge in [-0.1, -0.05) is 29.8 Å². The van der Waals surface area contributed by atoms with Crippen LogP contribution in [0.3, 0.4) is 0 Å². The summed E-state index contributed by atoms with van der Waals surface area (Å²) < 4.78 is 11.1. The Morgan fingerprint density at radius 1 is 1.28 bits per heavy atom. The summed E-state index contributed by atoms with van der Waals surface area (Å²) in [4.78, 5) is 22.8. The number of piperidine rings is 1. The van der Waals surface area contributed by atoms with Crippen LogP contribution < -0.4 is 9.47 Å². The second-order valence-corrected chi connectivity index (χ2v) is 6.26. The van der Waals surface area contributed by atoms with E-state index in [9.17, 15) is 4.79 Å². The fourth-order valence-electron chi connectivity index (χ4n) is 3.06. The Morgan fingerprint density at radius 3 is 2.84 bits per heavy atom. The molecule has 25 heavy (non-hydrogen) atoms. The lowest BCUT2D eigenvalue weighted by Gasteiger charge is -2.32. The van der Waals surface area contributed by atoms with Crippen LogP contribution in [0.2, 0.25) is 0 Å². The van der Waals surface area contributed by atoms with Crippen LogP contribution in [0.4, 0.5) is 0 Å². The number of aromatic nitrogens is 2. The third-order valence-electron chi connectivity index (χ3n) is 4.27. The Labute approximate surface area is 147 Å². The predicted octanol–water partition coefficient (Wildman–Crippen LogP) is 2.41. The highest BCUT2D eigenvalue weighted by Gasteiger charge is 2.26. The first kappa shape index (κ1) is 17.2. The number of likely N-dealkylation sites (tertiary alicyclic amines) is 1. The average molecular weight is 341 g/mol. The Hall–Kier alpha value is -2.63. The van der Waals surface area contributed by atoms with Gasteiger partial charge in [0.05, 0.1) is 20.1 Å². The van der Waals surface area contributed by atoms with E-state index in [0.29, 0.717) is 24.7 Å². The molecule has 0 saturated carbocycles. The number of benzene rings is 1. The Bertz CT molecular complexity index is 735. The standard InChI is InChI=1S/C19H23N3O3/c1-14-5-3-6-15(11-14)12-17(23)22-10-4-7-16(13-22)25-19-18(24-2)20-8-9-21-19/h3,5-6,8-9,11,16H,4,7,10,12-13H2,1-2H3. The van der Waals surface area contributed by atoms with Gasteiger partial charge in [0.1, 0.15) is 6.10 Å². The van der Waals surface area contributed by atoms with E-state index in [1.54, 1.807) is 12.4 Å². The van der Waals surface area contributed by atoms with Crippen molar-refractivity contribution in [2.45, 2.75) is 32.3 Å². The molecule has 0 N–H and O–H groups in total. The molecule has 0 bridgehead atoms. The van der Waals surface area contributed by atoms with E-state index in [0.717, 1.165) is 24.9 Å². The molecular weight excluding hydrogens is 318 g/mol. The Morgan fingerprint density at radius 2 is 2.08 bits per heavy atom. The Balaban J connectivity index is 1.61. The second-order valence-electron chi connectivity index (χ2n) is 6.26. The van der Waals surface area contributed by atoms with Gasteiger partial charge in [-0.05, 0) is 25.3 Å². The minimum absolute atomic E-state index is 0.0965. The zero-order chi connectivity index (χ0) is 17.6. The van der Waals surface area contributed by atoms with E-state index in [-0.39, 0.29) is 12.0 Å². The molecule has 1 atom stereocenters. The topological polar surface area (TPSA) is 64.6 Å². The van der Waals surface area contributed by atoms with Crippen LogP contribution >= 0.6 is 0 Å². The smallest absolute Gasteiger partial charge is 0.278 e. The zero-order valence-electron chi connectivity index (χ0n) is 14.6. The van der Waals surface area contributed by atoms with Gasteiger partial charge in [-0.2, -0.15) is 0 Å². The molecule has 3 rings (SSSR count). The van der Waals surface area contributed by atoms with Crippen molar-refractivity contribution in [1.82, 2.24) is 14.9 Å². The van der Waals surface area contributed by atoms with Gasteiger partial charge in [-0.15, -0.1) is 0 Å². The maximum absolute atomic E-state index is 12.6. The van der Waals surface area contributed by atoms with Crippen LogP contribution in [0, 0.1) is 6.92 Å². The second kappa shape index (κ2) is 7.96. The first-order valence-corrected chi connectivity index (χ1v) is 8.50. The number of carbonyl (C=O) groups is 1. The molecule has 1 aromatic heterocycles. The Kier molecular flexibility index (Phi) is 5.48. The van der Waals surface area contributed by atoms with E-state index >= 15 is 0 Å². The van der Waals surface area contributed by atoms with Gasteiger partial charge in [0.2, 0.25) is 5.91 Å². The maximum Gasteiger partial charge on any atom is 0.278 e. The summed E-state index contributed by atoms with van der Waals surface area (Å²) in [6, 6.07) is 8.07. The van der Waals surface area contributed by atoms with E-state index in [2.05, 4.69) is 16.0 Å². The number of ether oxygens (including phenoxy) is 2. The predicted molar refractivity (Wildman–Crippen MR) is 93.7 cm³/mol. The third-order valence-corrected chi connectivity index (χ3v) is 4.27. The van der Waals surface area contributed by atoms with Crippen molar-refractivity contribution >= 4 is 5.91 Å². The van der Waals surface area contributed by atoms with Crippen molar-refractivity contribution < 1.29 is 14.3 Å². The van der Waals surface area contributed by atoms with E-state index in [1.807, 2.05) is 30.0 Å². The molecule has 1 saturated heterocycles.